The highest BCUT2D eigenvalue weighted by Gasteiger charge is 2.21. The summed E-state index contributed by atoms with van der Waals surface area (Å²) >= 11 is 0. The highest BCUT2D eigenvalue weighted by molar-refractivity contribution is 6.13. The maximum absolute atomic E-state index is 13.8. The predicted octanol–water partition coefficient (Wildman–Crippen LogP) is 5.46. The molecule has 3 rings (SSSR count). The Morgan fingerprint density at radius 3 is 1.60 bits per heavy atom. The highest BCUT2D eigenvalue weighted by atomic mass is 19.1. The maximum atomic E-state index is 13.8. The molecule has 0 atom stereocenters. The fourth-order valence-electron chi connectivity index (χ4n) is 2.80. The Bertz CT molecular complexity index is 825. The van der Waals surface area contributed by atoms with Crippen LogP contribution in [0.15, 0.2) is 47.5 Å². The Balaban J connectivity index is 1.96. The van der Waals surface area contributed by atoms with Crippen LogP contribution in [0.25, 0.3) is 12.2 Å². The van der Waals surface area contributed by atoms with Crippen LogP contribution in [0.1, 0.15) is 30.4 Å². The summed E-state index contributed by atoms with van der Waals surface area (Å²) in [5, 5.41) is 0. The summed E-state index contributed by atoms with van der Waals surface area (Å²) in [5.74, 6) is -2.83. The zero-order valence-electron chi connectivity index (χ0n) is 13.2. The molecule has 1 nitrogen and oxygen atoms in total. The number of hydrogen-bond donors (Lipinski definition) is 0. The Morgan fingerprint density at radius 1 is 0.720 bits per heavy atom. The zero-order valence-corrected chi connectivity index (χ0v) is 13.2. The average Bonchev–Trinajstić information content (AvgIpc) is 2.58. The van der Waals surface area contributed by atoms with Gasteiger partial charge in [-0.15, -0.1) is 0 Å². The molecule has 1 fully saturated rings. The first kappa shape index (κ1) is 17.1. The van der Waals surface area contributed by atoms with E-state index in [0.717, 1.165) is 36.4 Å². The van der Waals surface area contributed by atoms with Crippen molar-refractivity contribution in [3.8, 4) is 0 Å². The van der Waals surface area contributed by atoms with Crippen LogP contribution >= 0.6 is 0 Å². The number of halogens is 4. The van der Waals surface area contributed by atoms with Gasteiger partial charge in [0.15, 0.2) is 5.78 Å². The maximum Gasteiger partial charge on any atom is 0.185 e. The van der Waals surface area contributed by atoms with Crippen LogP contribution in [-0.4, -0.2) is 5.78 Å². The second-order valence-corrected chi connectivity index (χ2v) is 5.85. The van der Waals surface area contributed by atoms with Crippen molar-refractivity contribution in [3.63, 3.8) is 0 Å². The normalized spacial score (nSPS) is 18.2. The molecule has 0 N–H and O–H groups in total. The van der Waals surface area contributed by atoms with Crippen LogP contribution in [0.3, 0.4) is 0 Å². The van der Waals surface area contributed by atoms with Crippen LogP contribution in [0.2, 0.25) is 0 Å². The predicted molar refractivity (Wildman–Crippen MR) is 87.5 cm³/mol. The van der Waals surface area contributed by atoms with Crippen molar-refractivity contribution in [2.75, 3.05) is 0 Å². The van der Waals surface area contributed by atoms with Crippen molar-refractivity contribution in [3.05, 3.63) is 81.9 Å². The lowest BCUT2D eigenvalue weighted by Crippen LogP contribution is -2.12. The molecule has 25 heavy (non-hydrogen) atoms. The minimum absolute atomic E-state index is 0.0125. The molecule has 0 aromatic heterocycles. The molecule has 5 heteroatoms. The van der Waals surface area contributed by atoms with Gasteiger partial charge >= 0.3 is 0 Å². The molecule has 0 amide bonds. The summed E-state index contributed by atoms with van der Waals surface area (Å²) < 4.78 is 54.1. The Kier molecular flexibility index (Phi) is 4.83. The van der Waals surface area contributed by atoms with Crippen LogP contribution in [-0.2, 0) is 4.79 Å². The smallest absolute Gasteiger partial charge is 0.185 e. The topological polar surface area (TPSA) is 17.1 Å². The number of carbonyl (C=O) groups is 1. The molecule has 0 saturated heterocycles. The van der Waals surface area contributed by atoms with E-state index in [-0.39, 0.29) is 16.9 Å². The first-order valence-corrected chi connectivity index (χ1v) is 7.80. The quantitative estimate of drug-likeness (QED) is 0.521. The molecule has 0 heterocycles. The van der Waals surface area contributed by atoms with E-state index in [0.29, 0.717) is 30.4 Å². The molecule has 128 valence electrons. The third kappa shape index (κ3) is 3.87. The Hall–Kier alpha value is -2.69. The van der Waals surface area contributed by atoms with Gasteiger partial charge in [-0.1, -0.05) is 0 Å². The molecule has 0 bridgehead atoms. The van der Waals surface area contributed by atoms with Crippen molar-refractivity contribution >= 4 is 17.9 Å². The van der Waals surface area contributed by atoms with E-state index in [1.165, 1.54) is 12.2 Å². The third-order valence-electron chi connectivity index (χ3n) is 4.05. The van der Waals surface area contributed by atoms with Crippen molar-refractivity contribution in [2.24, 2.45) is 0 Å². The minimum Gasteiger partial charge on any atom is -0.289 e. The molecule has 0 radical (unpaired) electrons. The first-order chi connectivity index (χ1) is 11.9. The first-order valence-electron chi connectivity index (χ1n) is 7.80. The van der Waals surface area contributed by atoms with Gasteiger partial charge in [-0.25, -0.2) is 17.6 Å². The lowest BCUT2D eigenvalue weighted by Gasteiger charge is -2.17. The van der Waals surface area contributed by atoms with Gasteiger partial charge in [-0.05, 0) is 67.8 Å². The van der Waals surface area contributed by atoms with Gasteiger partial charge in [0.2, 0.25) is 0 Å². The molecule has 1 saturated carbocycles. The van der Waals surface area contributed by atoms with Crippen LogP contribution in [0.5, 0.6) is 0 Å². The van der Waals surface area contributed by atoms with E-state index < -0.39 is 23.3 Å². The summed E-state index contributed by atoms with van der Waals surface area (Å²) in [6.07, 6.45) is 4.07. The lowest BCUT2D eigenvalue weighted by molar-refractivity contribution is -0.112. The SMILES string of the molecule is O=C1/C(=C/c2cc(F)ccc2F)CCC/C1=C\c1cc(F)ccc1F. The van der Waals surface area contributed by atoms with E-state index in [2.05, 4.69) is 0 Å². The molecular weight excluding hydrogens is 332 g/mol. The zero-order chi connectivity index (χ0) is 18.0. The average molecular weight is 346 g/mol. The second kappa shape index (κ2) is 7.05. The van der Waals surface area contributed by atoms with Crippen LogP contribution < -0.4 is 0 Å². The van der Waals surface area contributed by atoms with Gasteiger partial charge < -0.3 is 0 Å². The molecule has 0 aliphatic heterocycles. The van der Waals surface area contributed by atoms with E-state index in [9.17, 15) is 22.4 Å². The molecule has 0 spiro atoms. The molecule has 2 aromatic carbocycles. The second-order valence-electron chi connectivity index (χ2n) is 5.85. The van der Waals surface area contributed by atoms with Crippen molar-refractivity contribution in [1.82, 2.24) is 0 Å². The number of allylic oxidation sites excluding steroid dienone is 2. The fourth-order valence-corrected chi connectivity index (χ4v) is 2.80. The number of ketones is 1. The third-order valence-corrected chi connectivity index (χ3v) is 4.05. The van der Waals surface area contributed by atoms with Gasteiger partial charge in [-0.2, -0.15) is 0 Å². The number of carbonyl (C=O) groups excluding carboxylic acids is 1. The van der Waals surface area contributed by atoms with Gasteiger partial charge in [-0.3, -0.25) is 4.79 Å². The summed E-state index contributed by atoms with van der Waals surface area (Å²) in [7, 11) is 0. The van der Waals surface area contributed by atoms with Crippen LogP contribution in [0, 0.1) is 23.3 Å². The number of Topliss-reactive ketones (excluding diaryl/α,β-unsaturated/α-hetero) is 1. The van der Waals surface area contributed by atoms with Gasteiger partial charge in [0.1, 0.15) is 23.3 Å². The van der Waals surface area contributed by atoms with E-state index in [1.54, 1.807) is 0 Å². The molecule has 1 aliphatic rings. The van der Waals surface area contributed by atoms with Gasteiger partial charge in [0.05, 0.1) is 0 Å². The van der Waals surface area contributed by atoms with Gasteiger partial charge in [0.25, 0.3) is 0 Å². The van der Waals surface area contributed by atoms with Crippen molar-refractivity contribution in [1.29, 1.82) is 0 Å². The fraction of sp³-hybridized carbons (Fsp3) is 0.150. The summed E-state index contributed by atoms with van der Waals surface area (Å²) in [6.45, 7) is 0. The molecule has 2 aromatic rings. The van der Waals surface area contributed by atoms with E-state index in [4.69, 9.17) is 0 Å². The standard InChI is InChI=1S/C20H14F4O/c21-16-4-6-18(23)14(10-16)8-12-2-1-3-13(20(12)25)9-15-11-17(22)5-7-19(15)24/h4-11H,1-3H2/b12-8+,13-9+. The monoisotopic (exact) mass is 346 g/mol. The largest absolute Gasteiger partial charge is 0.289 e. The minimum atomic E-state index is -0.631. The van der Waals surface area contributed by atoms with Crippen molar-refractivity contribution < 1.29 is 22.4 Å². The molecule has 1 aliphatic carbocycles. The van der Waals surface area contributed by atoms with Crippen LogP contribution in [0.4, 0.5) is 17.6 Å². The summed E-state index contributed by atoms with van der Waals surface area (Å²) in [5.41, 5.74) is 0.612. The summed E-state index contributed by atoms with van der Waals surface area (Å²) in [4.78, 5) is 12.6. The highest BCUT2D eigenvalue weighted by Crippen LogP contribution is 2.29. The van der Waals surface area contributed by atoms with Gasteiger partial charge in [0, 0.05) is 22.3 Å². The molecular formula is C20H14F4O. The lowest BCUT2D eigenvalue weighted by atomic mass is 9.86. The molecule has 0 unspecified atom stereocenters. The number of rotatable bonds is 2. The van der Waals surface area contributed by atoms with E-state index in [1.807, 2.05) is 0 Å². The van der Waals surface area contributed by atoms with E-state index >= 15 is 0 Å². The Labute approximate surface area is 142 Å². The summed E-state index contributed by atoms with van der Waals surface area (Å²) in [6, 6.07) is 6.01. The number of hydrogen-bond acceptors (Lipinski definition) is 1. The Morgan fingerprint density at radius 2 is 1.16 bits per heavy atom. The van der Waals surface area contributed by atoms with Crippen molar-refractivity contribution in [2.45, 2.75) is 19.3 Å². The number of benzene rings is 2.